The van der Waals surface area contributed by atoms with Gasteiger partial charge in [0, 0.05) is 23.1 Å². The van der Waals surface area contributed by atoms with Crippen molar-refractivity contribution in [1.82, 2.24) is 10.2 Å². The van der Waals surface area contributed by atoms with E-state index >= 15 is 0 Å². The highest BCUT2D eigenvalue weighted by Crippen LogP contribution is 2.26. The minimum atomic E-state index is -0.790. The van der Waals surface area contributed by atoms with Crippen LogP contribution in [-0.2, 0) is 0 Å². The minimum Gasteiger partial charge on any atom is -0.387 e. The SMILES string of the molecule is CSCC(C)(O)CNc1nnc(Cl)c2ccccc12. The maximum Gasteiger partial charge on any atom is 0.159 e. The molecule has 102 valence electrons. The fourth-order valence-electron chi connectivity index (χ4n) is 1.84. The van der Waals surface area contributed by atoms with Crippen LogP contribution in [0, 0.1) is 0 Å². The summed E-state index contributed by atoms with van der Waals surface area (Å²) in [5.74, 6) is 1.29. The van der Waals surface area contributed by atoms with Gasteiger partial charge in [-0.3, -0.25) is 0 Å². The molecule has 1 atom stereocenters. The van der Waals surface area contributed by atoms with Crippen molar-refractivity contribution >= 4 is 40.0 Å². The molecule has 6 heteroatoms. The van der Waals surface area contributed by atoms with Gasteiger partial charge in [0.15, 0.2) is 11.0 Å². The van der Waals surface area contributed by atoms with Gasteiger partial charge in [-0.25, -0.2) is 0 Å². The summed E-state index contributed by atoms with van der Waals surface area (Å²) in [5.41, 5.74) is -0.790. The third-order valence-corrected chi connectivity index (χ3v) is 3.92. The molecule has 0 bridgehead atoms. The van der Waals surface area contributed by atoms with E-state index in [0.717, 1.165) is 10.8 Å². The van der Waals surface area contributed by atoms with Crippen molar-refractivity contribution in [3.8, 4) is 0 Å². The molecular formula is C13H16ClN3OS. The Morgan fingerprint density at radius 3 is 2.68 bits per heavy atom. The number of hydrogen-bond acceptors (Lipinski definition) is 5. The van der Waals surface area contributed by atoms with Crippen molar-refractivity contribution < 1.29 is 5.11 Å². The lowest BCUT2D eigenvalue weighted by molar-refractivity contribution is 0.0996. The summed E-state index contributed by atoms with van der Waals surface area (Å²) < 4.78 is 0. The zero-order valence-electron chi connectivity index (χ0n) is 10.9. The van der Waals surface area contributed by atoms with Crippen LogP contribution in [0.4, 0.5) is 5.82 Å². The molecule has 0 aliphatic heterocycles. The molecule has 1 heterocycles. The normalized spacial score (nSPS) is 14.3. The summed E-state index contributed by atoms with van der Waals surface area (Å²) in [6.07, 6.45) is 1.96. The molecule has 0 aliphatic carbocycles. The second kappa shape index (κ2) is 5.94. The molecule has 0 fully saturated rings. The first-order valence-corrected chi connectivity index (χ1v) is 7.67. The van der Waals surface area contributed by atoms with E-state index in [-0.39, 0.29) is 0 Å². The molecule has 1 aromatic carbocycles. The van der Waals surface area contributed by atoms with E-state index in [1.807, 2.05) is 30.5 Å². The summed E-state index contributed by atoms with van der Waals surface area (Å²) in [4.78, 5) is 0. The summed E-state index contributed by atoms with van der Waals surface area (Å²) >= 11 is 7.62. The number of nitrogens with zero attached hydrogens (tertiary/aromatic N) is 2. The van der Waals surface area contributed by atoms with Gasteiger partial charge in [0.2, 0.25) is 0 Å². The quantitative estimate of drug-likeness (QED) is 0.889. The maximum atomic E-state index is 10.1. The van der Waals surface area contributed by atoms with Gasteiger partial charge in [0.1, 0.15) is 0 Å². The molecule has 0 saturated heterocycles. The number of fused-ring (bicyclic) bond motifs is 1. The number of rotatable bonds is 5. The van der Waals surface area contributed by atoms with E-state index in [0.29, 0.717) is 23.3 Å². The van der Waals surface area contributed by atoms with Crippen LogP contribution < -0.4 is 5.32 Å². The Kier molecular flexibility index (Phi) is 4.50. The van der Waals surface area contributed by atoms with Crippen LogP contribution in [0.1, 0.15) is 6.92 Å². The summed E-state index contributed by atoms with van der Waals surface area (Å²) in [6.45, 7) is 2.20. The van der Waals surface area contributed by atoms with Gasteiger partial charge in [-0.15, -0.1) is 10.2 Å². The molecule has 2 N–H and O–H groups in total. The Morgan fingerprint density at radius 2 is 2.00 bits per heavy atom. The van der Waals surface area contributed by atoms with Gasteiger partial charge in [-0.2, -0.15) is 11.8 Å². The molecule has 0 amide bonds. The van der Waals surface area contributed by atoms with Crippen molar-refractivity contribution in [2.75, 3.05) is 23.9 Å². The van der Waals surface area contributed by atoms with E-state index in [1.54, 1.807) is 18.7 Å². The molecule has 2 rings (SSSR count). The lowest BCUT2D eigenvalue weighted by atomic mass is 10.1. The Labute approximate surface area is 121 Å². The first-order chi connectivity index (χ1) is 9.03. The van der Waals surface area contributed by atoms with E-state index in [2.05, 4.69) is 15.5 Å². The van der Waals surface area contributed by atoms with Gasteiger partial charge >= 0.3 is 0 Å². The lowest BCUT2D eigenvalue weighted by Crippen LogP contribution is -2.36. The van der Waals surface area contributed by atoms with Crippen molar-refractivity contribution in [3.05, 3.63) is 29.4 Å². The molecule has 0 spiro atoms. The molecular weight excluding hydrogens is 282 g/mol. The van der Waals surface area contributed by atoms with Gasteiger partial charge in [-0.1, -0.05) is 35.9 Å². The van der Waals surface area contributed by atoms with Crippen LogP contribution in [0.5, 0.6) is 0 Å². The zero-order valence-corrected chi connectivity index (χ0v) is 12.4. The number of hydrogen-bond donors (Lipinski definition) is 2. The Hall–Kier alpha value is -1.04. The number of aliphatic hydroxyl groups is 1. The standard InChI is InChI=1S/C13H16ClN3OS/c1-13(18,8-19-2)7-15-12-10-6-4-3-5-9(10)11(14)16-17-12/h3-6,18H,7-8H2,1-2H3,(H,15,17). The van der Waals surface area contributed by atoms with Gasteiger partial charge < -0.3 is 10.4 Å². The van der Waals surface area contributed by atoms with Crippen molar-refractivity contribution in [3.63, 3.8) is 0 Å². The van der Waals surface area contributed by atoms with E-state index < -0.39 is 5.60 Å². The van der Waals surface area contributed by atoms with Crippen LogP contribution in [0.3, 0.4) is 0 Å². The first-order valence-electron chi connectivity index (χ1n) is 5.89. The Morgan fingerprint density at radius 1 is 1.32 bits per heavy atom. The molecule has 0 aliphatic rings. The van der Waals surface area contributed by atoms with Gasteiger partial charge in [0.05, 0.1) is 5.60 Å². The molecule has 0 radical (unpaired) electrons. The minimum absolute atomic E-state index is 0.386. The summed E-state index contributed by atoms with van der Waals surface area (Å²) in [5, 5.41) is 23.4. The van der Waals surface area contributed by atoms with E-state index in [4.69, 9.17) is 11.6 Å². The number of thioether (sulfide) groups is 1. The van der Waals surface area contributed by atoms with Gasteiger partial charge in [-0.05, 0) is 13.2 Å². The highest BCUT2D eigenvalue weighted by atomic mass is 35.5. The lowest BCUT2D eigenvalue weighted by Gasteiger charge is -2.23. The van der Waals surface area contributed by atoms with Gasteiger partial charge in [0.25, 0.3) is 0 Å². The van der Waals surface area contributed by atoms with E-state index in [1.165, 1.54) is 0 Å². The fourth-order valence-corrected chi connectivity index (χ4v) is 2.76. The number of anilines is 1. The highest BCUT2D eigenvalue weighted by molar-refractivity contribution is 7.98. The van der Waals surface area contributed by atoms with Crippen LogP contribution in [0.2, 0.25) is 5.15 Å². The second-order valence-electron chi connectivity index (χ2n) is 4.67. The first kappa shape index (κ1) is 14.4. The molecule has 2 aromatic rings. The molecule has 4 nitrogen and oxygen atoms in total. The van der Waals surface area contributed by atoms with Crippen LogP contribution >= 0.6 is 23.4 Å². The average molecular weight is 298 g/mol. The van der Waals surface area contributed by atoms with Crippen molar-refractivity contribution in [2.24, 2.45) is 0 Å². The molecule has 1 aromatic heterocycles. The predicted molar refractivity (Wildman–Crippen MR) is 82.0 cm³/mol. The number of benzene rings is 1. The van der Waals surface area contributed by atoms with Crippen molar-refractivity contribution in [2.45, 2.75) is 12.5 Å². The predicted octanol–water partition coefficient (Wildman–Crippen LogP) is 2.81. The average Bonchev–Trinajstić information content (AvgIpc) is 2.38. The zero-order chi connectivity index (χ0) is 13.9. The Bertz CT molecular complexity index is 577. The third kappa shape index (κ3) is 3.49. The highest BCUT2D eigenvalue weighted by Gasteiger charge is 2.20. The monoisotopic (exact) mass is 297 g/mol. The number of nitrogens with one attached hydrogen (secondary N) is 1. The smallest absolute Gasteiger partial charge is 0.159 e. The molecule has 19 heavy (non-hydrogen) atoms. The summed E-state index contributed by atoms with van der Waals surface area (Å²) in [7, 11) is 0. The topological polar surface area (TPSA) is 58.0 Å². The summed E-state index contributed by atoms with van der Waals surface area (Å²) in [6, 6.07) is 7.66. The van der Waals surface area contributed by atoms with Crippen LogP contribution in [0.15, 0.2) is 24.3 Å². The third-order valence-electron chi connectivity index (χ3n) is 2.73. The van der Waals surface area contributed by atoms with E-state index in [9.17, 15) is 5.11 Å². The molecule has 1 unspecified atom stereocenters. The fraction of sp³-hybridized carbons (Fsp3) is 0.385. The Balaban J connectivity index is 2.24. The number of aromatic nitrogens is 2. The second-order valence-corrected chi connectivity index (χ2v) is 5.89. The maximum absolute atomic E-state index is 10.1. The number of halogens is 1. The van der Waals surface area contributed by atoms with Crippen LogP contribution in [-0.4, -0.2) is 39.5 Å². The molecule has 0 saturated carbocycles. The largest absolute Gasteiger partial charge is 0.387 e. The van der Waals surface area contributed by atoms with Crippen molar-refractivity contribution in [1.29, 1.82) is 0 Å². The van der Waals surface area contributed by atoms with Crippen LogP contribution in [0.25, 0.3) is 10.8 Å².